The molecule has 1 aliphatic carbocycles. The summed E-state index contributed by atoms with van der Waals surface area (Å²) in [5, 5.41) is 23.3. The molecule has 3 N–H and O–H groups in total. The number of hydrogen-bond donors (Lipinski definition) is 3. The van der Waals surface area contributed by atoms with E-state index in [0.717, 1.165) is 5.56 Å². The summed E-state index contributed by atoms with van der Waals surface area (Å²) in [6, 6.07) is 12.3. The largest absolute Gasteiger partial charge is 0.486 e. The van der Waals surface area contributed by atoms with Crippen LogP contribution < -0.4 is 10.1 Å². The number of para-hydroxylation sites is 1. The summed E-state index contributed by atoms with van der Waals surface area (Å²) in [5.74, 6) is -1.40. The van der Waals surface area contributed by atoms with Gasteiger partial charge in [-0.2, -0.15) is 0 Å². The SMILES string of the molecule is CCOCC(=O)N(Cc1ccccc1F)C1C=C(C(=O)NCCO)C2c3ccccc3OC2C1O. The topological polar surface area (TPSA) is 108 Å². The van der Waals surface area contributed by atoms with Crippen LogP contribution in [-0.2, 0) is 20.9 Å². The number of carbonyl (C=O) groups excluding carboxylic acids is 2. The molecule has 0 spiro atoms. The van der Waals surface area contributed by atoms with E-state index in [-0.39, 0.29) is 31.9 Å². The maximum absolute atomic E-state index is 14.5. The van der Waals surface area contributed by atoms with E-state index in [1.54, 1.807) is 43.3 Å². The standard InChI is InChI=1S/C26H29FN2O6/c1-2-34-15-22(31)29(14-16-7-3-5-9-19(16)27)20-13-18(26(33)28-11-12-30)23-17-8-4-6-10-21(17)35-25(23)24(20)32/h3-10,13,20,23-25,30,32H,2,11-12,14-15H2,1H3,(H,28,33). The van der Waals surface area contributed by atoms with E-state index in [9.17, 15) is 24.2 Å². The molecule has 0 aromatic heterocycles. The van der Waals surface area contributed by atoms with Crippen LogP contribution >= 0.6 is 0 Å². The van der Waals surface area contributed by atoms with Crippen LogP contribution in [0, 0.1) is 5.82 Å². The lowest BCUT2D eigenvalue weighted by molar-refractivity contribution is -0.142. The first-order valence-electron chi connectivity index (χ1n) is 11.6. The van der Waals surface area contributed by atoms with Crippen molar-refractivity contribution >= 4 is 11.8 Å². The van der Waals surface area contributed by atoms with Gasteiger partial charge in [0.15, 0.2) is 0 Å². The fourth-order valence-corrected chi connectivity index (χ4v) is 4.63. The Morgan fingerprint density at radius 3 is 2.66 bits per heavy atom. The minimum atomic E-state index is -1.20. The molecule has 35 heavy (non-hydrogen) atoms. The molecule has 4 unspecified atom stereocenters. The second-order valence-corrected chi connectivity index (χ2v) is 8.43. The molecular formula is C26H29FN2O6. The van der Waals surface area contributed by atoms with Crippen molar-refractivity contribution in [1.29, 1.82) is 0 Å². The lowest BCUT2D eigenvalue weighted by atomic mass is 9.77. The molecule has 186 valence electrons. The minimum absolute atomic E-state index is 0.0471. The maximum atomic E-state index is 14.5. The van der Waals surface area contributed by atoms with Gasteiger partial charge in [0.05, 0.1) is 18.6 Å². The van der Waals surface area contributed by atoms with E-state index >= 15 is 0 Å². The summed E-state index contributed by atoms with van der Waals surface area (Å²) in [6.07, 6.45) is -0.478. The van der Waals surface area contributed by atoms with Gasteiger partial charge in [-0.15, -0.1) is 0 Å². The van der Waals surface area contributed by atoms with Gasteiger partial charge in [-0.3, -0.25) is 9.59 Å². The lowest BCUT2D eigenvalue weighted by Gasteiger charge is -2.40. The third-order valence-corrected chi connectivity index (χ3v) is 6.29. The normalized spacial score (nSPS) is 22.5. The molecule has 4 rings (SSSR count). The molecule has 4 atom stereocenters. The van der Waals surface area contributed by atoms with E-state index in [4.69, 9.17) is 9.47 Å². The van der Waals surface area contributed by atoms with Crippen molar-refractivity contribution in [3.05, 3.63) is 77.1 Å². The number of nitrogens with zero attached hydrogens (tertiary/aromatic N) is 1. The van der Waals surface area contributed by atoms with E-state index in [2.05, 4.69) is 5.32 Å². The van der Waals surface area contributed by atoms with Crippen LogP contribution in [0.3, 0.4) is 0 Å². The second kappa shape index (κ2) is 11.0. The average molecular weight is 485 g/mol. The highest BCUT2D eigenvalue weighted by Gasteiger charge is 2.50. The van der Waals surface area contributed by atoms with Gasteiger partial charge in [0.2, 0.25) is 11.8 Å². The quantitative estimate of drug-likeness (QED) is 0.498. The van der Waals surface area contributed by atoms with Crippen LogP contribution in [-0.4, -0.2) is 71.5 Å². The first-order chi connectivity index (χ1) is 17.0. The van der Waals surface area contributed by atoms with Crippen LogP contribution in [0.1, 0.15) is 24.0 Å². The van der Waals surface area contributed by atoms with Crippen molar-refractivity contribution < 1.29 is 33.7 Å². The minimum Gasteiger partial charge on any atom is -0.486 e. The number of hydrogen-bond acceptors (Lipinski definition) is 6. The lowest BCUT2D eigenvalue weighted by Crippen LogP contribution is -2.56. The van der Waals surface area contributed by atoms with Gasteiger partial charge in [-0.1, -0.05) is 36.4 Å². The number of fused-ring (bicyclic) bond motifs is 3. The highest BCUT2D eigenvalue weighted by Crippen LogP contribution is 2.47. The number of carbonyl (C=O) groups is 2. The van der Waals surface area contributed by atoms with Crippen LogP contribution in [0.15, 0.2) is 60.2 Å². The highest BCUT2D eigenvalue weighted by atomic mass is 19.1. The molecule has 2 aliphatic rings. The van der Waals surface area contributed by atoms with Crippen LogP contribution in [0.25, 0.3) is 0 Å². The number of aliphatic hydroxyl groups is 2. The molecule has 2 amide bonds. The average Bonchev–Trinajstić information content (AvgIpc) is 3.26. The molecule has 2 aromatic rings. The Kier molecular flexibility index (Phi) is 7.80. The van der Waals surface area contributed by atoms with Crippen molar-refractivity contribution in [3.8, 4) is 5.75 Å². The summed E-state index contributed by atoms with van der Waals surface area (Å²) in [7, 11) is 0. The van der Waals surface area contributed by atoms with Gasteiger partial charge < -0.3 is 29.9 Å². The van der Waals surface area contributed by atoms with E-state index in [0.29, 0.717) is 17.9 Å². The monoisotopic (exact) mass is 484 g/mol. The van der Waals surface area contributed by atoms with Crippen LogP contribution in [0.5, 0.6) is 5.75 Å². The van der Waals surface area contributed by atoms with Crippen molar-refractivity contribution in [1.82, 2.24) is 10.2 Å². The maximum Gasteiger partial charge on any atom is 0.249 e. The fraction of sp³-hybridized carbons (Fsp3) is 0.385. The molecule has 2 aromatic carbocycles. The molecule has 1 aliphatic heterocycles. The zero-order valence-electron chi connectivity index (χ0n) is 19.4. The van der Waals surface area contributed by atoms with Crippen LogP contribution in [0.4, 0.5) is 4.39 Å². The van der Waals surface area contributed by atoms with Gasteiger partial charge in [-0.25, -0.2) is 4.39 Å². The summed E-state index contributed by atoms with van der Waals surface area (Å²) < 4.78 is 25.9. The molecule has 9 heteroatoms. The fourth-order valence-electron chi connectivity index (χ4n) is 4.63. The van der Waals surface area contributed by atoms with Gasteiger partial charge in [0.25, 0.3) is 0 Å². The molecule has 1 heterocycles. The molecule has 0 radical (unpaired) electrons. The van der Waals surface area contributed by atoms with E-state index < -0.39 is 41.8 Å². The smallest absolute Gasteiger partial charge is 0.249 e. The Morgan fingerprint density at radius 2 is 1.91 bits per heavy atom. The summed E-state index contributed by atoms with van der Waals surface area (Å²) in [5.41, 5.74) is 1.33. The number of halogens is 1. The number of ether oxygens (including phenoxy) is 2. The summed E-state index contributed by atoms with van der Waals surface area (Å²) in [4.78, 5) is 27.6. The molecule has 8 nitrogen and oxygen atoms in total. The molecular weight excluding hydrogens is 455 g/mol. The van der Waals surface area contributed by atoms with Crippen molar-refractivity contribution in [3.63, 3.8) is 0 Å². The Morgan fingerprint density at radius 1 is 1.17 bits per heavy atom. The zero-order chi connectivity index (χ0) is 24.9. The molecule has 0 fully saturated rings. The third kappa shape index (κ3) is 5.07. The Labute approximate surface area is 203 Å². The van der Waals surface area contributed by atoms with Crippen molar-refractivity contribution in [2.45, 2.75) is 37.6 Å². The third-order valence-electron chi connectivity index (χ3n) is 6.29. The predicted molar refractivity (Wildman–Crippen MR) is 125 cm³/mol. The first-order valence-corrected chi connectivity index (χ1v) is 11.6. The summed E-state index contributed by atoms with van der Waals surface area (Å²) in [6.45, 7) is 1.47. The molecule has 0 bridgehead atoms. The zero-order valence-corrected chi connectivity index (χ0v) is 19.4. The van der Waals surface area contributed by atoms with Gasteiger partial charge >= 0.3 is 0 Å². The Hall–Kier alpha value is -3.27. The number of benzene rings is 2. The second-order valence-electron chi connectivity index (χ2n) is 8.43. The number of aliphatic hydroxyl groups excluding tert-OH is 2. The van der Waals surface area contributed by atoms with Crippen LogP contribution in [0.2, 0.25) is 0 Å². The van der Waals surface area contributed by atoms with E-state index in [1.807, 2.05) is 12.1 Å². The Balaban J connectivity index is 1.76. The number of rotatable bonds is 9. The highest BCUT2D eigenvalue weighted by molar-refractivity contribution is 5.96. The number of nitrogens with one attached hydrogen (secondary N) is 1. The van der Waals surface area contributed by atoms with Gasteiger partial charge in [0.1, 0.15) is 30.4 Å². The van der Waals surface area contributed by atoms with Gasteiger partial charge in [0, 0.05) is 36.4 Å². The first kappa shape index (κ1) is 24.8. The van der Waals surface area contributed by atoms with Crippen molar-refractivity contribution in [2.75, 3.05) is 26.4 Å². The summed E-state index contributed by atoms with van der Waals surface area (Å²) >= 11 is 0. The molecule has 0 saturated carbocycles. The molecule has 0 saturated heterocycles. The predicted octanol–water partition coefficient (Wildman–Crippen LogP) is 1.51. The van der Waals surface area contributed by atoms with Crippen molar-refractivity contribution in [2.24, 2.45) is 0 Å². The Bertz CT molecular complexity index is 1110. The number of amides is 2. The van der Waals surface area contributed by atoms with E-state index in [1.165, 1.54) is 11.0 Å². The van der Waals surface area contributed by atoms with Gasteiger partial charge in [-0.05, 0) is 25.1 Å².